The van der Waals surface area contributed by atoms with Crippen LogP contribution in [0.1, 0.15) is 16.7 Å². The quantitative estimate of drug-likeness (QED) is 0.342. The van der Waals surface area contributed by atoms with Gasteiger partial charge in [-0.1, -0.05) is 41.6 Å². The van der Waals surface area contributed by atoms with Crippen molar-refractivity contribution >= 4 is 39.2 Å². The summed E-state index contributed by atoms with van der Waals surface area (Å²) in [5.74, 6) is -0.425. The third-order valence-electron chi connectivity index (χ3n) is 4.79. The Morgan fingerprint density at radius 1 is 1.16 bits per heavy atom. The lowest BCUT2D eigenvalue weighted by atomic mass is 10.1. The summed E-state index contributed by atoms with van der Waals surface area (Å²) in [5, 5.41) is 5.10. The summed E-state index contributed by atoms with van der Waals surface area (Å²) in [6.07, 6.45) is 0. The molecule has 0 bridgehead atoms. The van der Waals surface area contributed by atoms with E-state index in [1.165, 1.54) is 39.8 Å². The average molecular weight is 454 g/mol. The highest BCUT2D eigenvalue weighted by Crippen LogP contribution is 2.25. The predicted molar refractivity (Wildman–Crippen MR) is 124 cm³/mol. The number of halogens is 1. The van der Waals surface area contributed by atoms with E-state index >= 15 is 0 Å². The zero-order valence-electron chi connectivity index (χ0n) is 17.0. The van der Waals surface area contributed by atoms with Crippen LogP contribution in [-0.2, 0) is 11.3 Å². The molecule has 2 aromatic heterocycles. The first-order chi connectivity index (χ1) is 14.9. The van der Waals surface area contributed by atoms with Gasteiger partial charge in [-0.05, 0) is 54.6 Å². The van der Waals surface area contributed by atoms with Crippen molar-refractivity contribution in [1.29, 1.82) is 0 Å². The first-order valence-electron chi connectivity index (χ1n) is 9.64. The molecule has 158 valence electrons. The second kappa shape index (κ2) is 9.03. The summed E-state index contributed by atoms with van der Waals surface area (Å²) in [6, 6.07) is 14.0. The maximum absolute atomic E-state index is 13.6. The molecule has 0 saturated carbocycles. The summed E-state index contributed by atoms with van der Waals surface area (Å²) in [7, 11) is 0. The van der Waals surface area contributed by atoms with Gasteiger partial charge in [0.2, 0.25) is 5.91 Å². The molecule has 0 spiro atoms. The Kier molecular flexibility index (Phi) is 6.20. The van der Waals surface area contributed by atoms with Crippen molar-refractivity contribution < 1.29 is 9.18 Å². The number of amides is 1. The van der Waals surface area contributed by atoms with Gasteiger partial charge in [-0.25, -0.2) is 9.37 Å². The molecule has 2 heterocycles. The fraction of sp³-hybridized carbons (Fsp3) is 0.174. The van der Waals surface area contributed by atoms with Gasteiger partial charge >= 0.3 is 0 Å². The molecule has 0 saturated heterocycles. The smallest absolute Gasteiger partial charge is 0.276 e. The third-order valence-corrected chi connectivity index (χ3v) is 6.62. The van der Waals surface area contributed by atoms with E-state index in [-0.39, 0.29) is 23.0 Å². The van der Waals surface area contributed by atoms with Crippen LogP contribution < -0.4 is 10.9 Å². The van der Waals surface area contributed by atoms with Gasteiger partial charge in [0.15, 0.2) is 5.16 Å². The lowest BCUT2D eigenvalue weighted by Gasteiger charge is -2.14. The highest BCUT2D eigenvalue weighted by atomic mass is 32.2. The largest absolute Gasteiger partial charge is 0.351 e. The van der Waals surface area contributed by atoms with Crippen molar-refractivity contribution in [3.8, 4) is 5.69 Å². The summed E-state index contributed by atoms with van der Waals surface area (Å²) in [4.78, 5) is 30.2. The van der Waals surface area contributed by atoms with Gasteiger partial charge in [0.25, 0.3) is 5.56 Å². The average Bonchev–Trinajstić information content (AvgIpc) is 3.22. The minimum atomic E-state index is -0.371. The van der Waals surface area contributed by atoms with Crippen LogP contribution in [0.4, 0.5) is 4.39 Å². The first kappa shape index (κ1) is 21.3. The minimum Gasteiger partial charge on any atom is -0.351 e. The number of aryl methyl sites for hydroxylation is 2. The van der Waals surface area contributed by atoms with Crippen LogP contribution >= 0.6 is 23.1 Å². The van der Waals surface area contributed by atoms with Gasteiger partial charge in [0, 0.05) is 6.54 Å². The highest BCUT2D eigenvalue weighted by Gasteiger charge is 2.17. The van der Waals surface area contributed by atoms with Crippen molar-refractivity contribution in [2.75, 3.05) is 5.75 Å². The molecular formula is C23H20FN3O2S2. The van der Waals surface area contributed by atoms with Crippen LogP contribution in [0.15, 0.2) is 63.9 Å². The van der Waals surface area contributed by atoms with Crippen LogP contribution in [0.5, 0.6) is 0 Å². The number of hydrogen-bond donors (Lipinski definition) is 1. The van der Waals surface area contributed by atoms with Crippen molar-refractivity contribution in [3.63, 3.8) is 0 Å². The molecule has 0 aliphatic rings. The number of thioether (sulfide) groups is 1. The minimum absolute atomic E-state index is 0.105. The van der Waals surface area contributed by atoms with E-state index in [2.05, 4.69) is 10.3 Å². The van der Waals surface area contributed by atoms with Gasteiger partial charge in [-0.15, -0.1) is 11.3 Å². The number of aromatic nitrogens is 2. The van der Waals surface area contributed by atoms with E-state index in [1.807, 2.05) is 36.6 Å². The molecule has 0 fully saturated rings. The van der Waals surface area contributed by atoms with E-state index in [0.717, 1.165) is 11.1 Å². The van der Waals surface area contributed by atoms with Crippen molar-refractivity contribution in [3.05, 3.63) is 86.8 Å². The predicted octanol–water partition coefficient (Wildman–Crippen LogP) is 4.61. The molecule has 8 heteroatoms. The summed E-state index contributed by atoms with van der Waals surface area (Å²) in [6.45, 7) is 4.19. The lowest BCUT2D eigenvalue weighted by molar-refractivity contribution is -0.118. The molecule has 5 nitrogen and oxygen atoms in total. The number of hydrogen-bond acceptors (Lipinski definition) is 5. The Morgan fingerprint density at radius 2 is 1.94 bits per heavy atom. The Morgan fingerprint density at radius 3 is 2.68 bits per heavy atom. The molecule has 1 amide bonds. The normalized spacial score (nSPS) is 11.1. The van der Waals surface area contributed by atoms with Crippen LogP contribution in [0.2, 0.25) is 0 Å². The number of carbonyl (C=O) groups is 1. The van der Waals surface area contributed by atoms with E-state index in [0.29, 0.717) is 33.2 Å². The fourth-order valence-corrected chi connectivity index (χ4v) is 4.75. The molecule has 31 heavy (non-hydrogen) atoms. The van der Waals surface area contributed by atoms with Gasteiger partial charge in [-0.2, -0.15) is 0 Å². The van der Waals surface area contributed by atoms with E-state index < -0.39 is 0 Å². The molecule has 1 N–H and O–H groups in total. The number of fused-ring (bicyclic) bond motifs is 1. The van der Waals surface area contributed by atoms with Crippen LogP contribution in [0.25, 0.3) is 15.9 Å². The summed E-state index contributed by atoms with van der Waals surface area (Å²) in [5.41, 5.74) is 3.71. The van der Waals surface area contributed by atoms with E-state index in [4.69, 9.17) is 0 Å². The summed E-state index contributed by atoms with van der Waals surface area (Å²) >= 11 is 2.50. The fourth-order valence-electron chi connectivity index (χ4n) is 3.16. The zero-order valence-corrected chi connectivity index (χ0v) is 18.6. The maximum Gasteiger partial charge on any atom is 0.276 e. The van der Waals surface area contributed by atoms with E-state index in [1.54, 1.807) is 19.1 Å². The second-order valence-electron chi connectivity index (χ2n) is 7.15. The first-order valence-corrected chi connectivity index (χ1v) is 11.5. The molecule has 2 aromatic carbocycles. The SMILES string of the molecule is Cc1ccc(CNC(=O)CSc2nc3ccsc3c(=O)n2-c2ccc(F)cc2C)cc1. The van der Waals surface area contributed by atoms with E-state index in [9.17, 15) is 14.0 Å². The number of nitrogens with one attached hydrogen (secondary N) is 1. The maximum atomic E-state index is 13.6. The zero-order chi connectivity index (χ0) is 22.0. The van der Waals surface area contributed by atoms with Crippen LogP contribution in [0.3, 0.4) is 0 Å². The molecule has 0 aliphatic carbocycles. The monoisotopic (exact) mass is 453 g/mol. The van der Waals surface area contributed by atoms with Crippen molar-refractivity contribution in [2.24, 2.45) is 0 Å². The summed E-state index contributed by atoms with van der Waals surface area (Å²) < 4.78 is 15.6. The van der Waals surface area contributed by atoms with Crippen molar-refractivity contribution in [1.82, 2.24) is 14.9 Å². The number of nitrogens with zero attached hydrogens (tertiary/aromatic N) is 2. The molecule has 0 radical (unpaired) electrons. The van der Waals surface area contributed by atoms with Gasteiger partial charge in [0.1, 0.15) is 10.5 Å². The molecular weight excluding hydrogens is 433 g/mol. The molecule has 0 unspecified atom stereocenters. The molecule has 0 atom stereocenters. The highest BCUT2D eigenvalue weighted by molar-refractivity contribution is 7.99. The van der Waals surface area contributed by atoms with Crippen LogP contribution in [0, 0.1) is 19.7 Å². The molecule has 4 aromatic rings. The lowest BCUT2D eigenvalue weighted by Crippen LogP contribution is -2.26. The standard InChI is InChI=1S/C23H20FN3O2S2/c1-14-3-5-16(6-4-14)12-25-20(28)13-31-23-26-18-9-10-30-21(18)22(29)27(23)19-8-7-17(24)11-15(19)2/h3-11H,12-13H2,1-2H3,(H,25,28). The third kappa shape index (κ3) is 4.70. The van der Waals surface area contributed by atoms with Crippen LogP contribution in [-0.4, -0.2) is 21.2 Å². The van der Waals surface area contributed by atoms with Gasteiger partial charge in [0.05, 0.1) is 17.0 Å². The van der Waals surface area contributed by atoms with Gasteiger partial charge in [-0.3, -0.25) is 14.2 Å². The number of carbonyl (C=O) groups excluding carboxylic acids is 1. The Hall–Kier alpha value is -2.97. The number of thiophene rings is 1. The number of rotatable bonds is 6. The van der Waals surface area contributed by atoms with Crippen molar-refractivity contribution in [2.45, 2.75) is 25.5 Å². The number of benzene rings is 2. The second-order valence-corrected chi connectivity index (χ2v) is 9.01. The van der Waals surface area contributed by atoms with Gasteiger partial charge < -0.3 is 5.32 Å². The molecule has 0 aliphatic heterocycles. The Labute approximate surface area is 187 Å². The Bertz CT molecular complexity index is 1310. The Balaban J connectivity index is 1.58. The topological polar surface area (TPSA) is 64.0 Å². The molecule has 4 rings (SSSR count).